The third kappa shape index (κ3) is 4.85. The molecule has 2 rings (SSSR count). The number of anilines is 2. The molecule has 5 nitrogen and oxygen atoms in total. The van der Waals surface area contributed by atoms with Crippen LogP contribution in [0.4, 0.5) is 11.4 Å². The second-order valence-corrected chi connectivity index (χ2v) is 5.74. The number of amides is 1. The molecule has 0 fully saturated rings. The highest BCUT2D eigenvalue weighted by Crippen LogP contribution is 2.24. The molecule has 5 heteroatoms. The Kier molecular flexibility index (Phi) is 6.19. The lowest BCUT2D eigenvalue weighted by molar-refractivity contribution is -0.112. The van der Waals surface area contributed by atoms with E-state index in [2.05, 4.69) is 24.5 Å². The number of hydrogen-bond acceptors (Lipinski definition) is 4. The van der Waals surface area contributed by atoms with Crippen molar-refractivity contribution in [1.82, 2.24) is 0 Å². The van der Waals surface area contributed by atoms with Gasteiger partial charge in [-0.3, -0.25) is 4.79 Å². The van der Waals surface area contributed by atoms with Crippen molar-refractivity contribution in [2.24, 2.45) is 0 Å². The summed E-state index contributed by atoms with van der Waals surface area (Å²) in [5, 5.41) is 15.0. The van der Waals surface area contributed by atoms with Gasteiger partial charge in [0, 0.05) is 17.6 Å². The maximum Gasteiger partial charge on any atom is 0.267 e. The molecular formula is C20H21N3O2. The van der Waals surface area contributed by atoms with E-state index in [9.17, 15) is 10.1 Å². The van der Waals surface area contributed by atoms with Gasteiger partial charge in [0.15, 0.2) is 0 Å². The van der Waals surface area contributed by atoms with Gasteiger partial charge in [-0.15, -0.1) is 0 Å². The standard InChI is InChI=1S/C20H21N3O2/c1-14(2)18-6-4-5-7-19(18)23-20(24)15(12-21)13-22-16-8-10-17(25-3)11-9-16/h4-11,13-14,22H,1-3H3,(H,23,24)/b15-13-. The minimum absolute atomic E-state index is 0.00521. The summed E-state index contributed by atoms with van der Waals surface area (Å²) in [7, 11) is 1.59. The molecule has 0 heterocycles. The SMILES string of the molecule is COc1ccc(N/C=C(/C#N)C(=O)Nc2ccccc2C(C)C)cc1. The molecular weight excluding hydrogens is 314 g/mol. The number of para-hydroxylation sites is 1. The van der Waals surface area contributed by atoms with Crippen LogP contribution >= 0.6 is 0 Å². The van der Waals surface area contributed by atoms with Gasteiger partial charge in [0.25, 0.3) is 5.91 Å². The van der Waals surface area contributed by atoms with Crippen LogP contribution < -0.4 is 15.4 Å². The number of benzene rings is 2. The Morgan fingerprint density at radius 1 is 1.16 bits per heavy atom. The fourth-order valence-corrected chi connectivity index (χ4v) is 2.30. The third-order valence-electron chi connectivity index (χ3n) is 3.67. The normalized spacial score (nSPS) is 10.9. The number of nitriles is 1. The Morgan fingerprint density at radius 3 is 2.44 bits per heavy atom. The summed E-state index contributed by atoms with van der Waals surface area (Å²) in [5.41, 5.74) is 2.49. The van der Waals surface area contributed by atoms with Crippen LogP contribution in [0, 0.1) is 11.3 Å². The van der Waals surface area contributed by atoms with Crippen LogP contribution in [0.2, 0.25) is 0 Å². The van der Waals surface area contributed by atoms with Crippen LogP contribution in [0.25, 0.3) is 0 Å². The first-order valence-corrected chi connectivity index (χ1v) is 7.96. The fourth-order valence-electron chi connectivity index (χ4n) is 2.30. The molecule has 0 aliphatic rings. The number of rotatable bonds is 6. The Morgan fingerprint density at radius 2 is 1.84 bits per heavy atom. The number of ether oxygens (including phenoxy) is 1. The smallest absolute Gasteiger partial charge is 0.267 e. The molecule has 0 saturated heterocycles. The molecule has 2 aromatic carbocycles. The molecule has 0 spiro atoms. The van der Waals surface area contributed by atoms with Gasteiger partial charge >= 0.3 is 0 Å². The molecule has 128 valence electrons. The van der Waals surface area contributed by atoms with Crippen LogP contribution in [0.1, 0.15) is 25.3 Å². The topological polar surface area (TPSA) is 74.1 Å². The minimum Gasteiger partial charge on any atom is -0.497 e. The van der Waals surface area contributed by atoms with Crippen LogP contribution in [0.15, 0.2) is 60.3 Å². The molecule has 1 amide bonds. The van der Waals surface area contributed by atoms with Crippen molar-refractivity contribution in [3.8, 4) is 11.8 Å². The highest BCUT2D eigenvalue weighted by Gasteiger charge is 2.13. The zero-order valence-electron chi connectivity index (χ0n) is 14.5. The summed E-state index contributed by atoms with van der Waals surface area (Å²) in [4.78, 5) is 12.4. The van der Waals surface area contributed by atoms with E-state index in [1.807, 2.05) is 30.3 Å². The van der Waals surface area contributed by atoms with Gasteiger partial charge in [-0.1, -0.05) is 32.0 Å². The number of nitrogens with one attached hydrogen (secondary N) is 2. The van der Waals surface area contributed by atoms with E-state index in [0.717, 1.165) is 17.0 Å². The Bertz CT molecular complexity index is 802. The van der Waals surface area contributed by atoms with Crippen LogP contribution in [0.3, 0.4) is 0 Å². The lowest BCUT2D eigenvalue weighted by atomic mass is 10.0. The quantitative estimate of drug-likeness (QED) is 0.610. The molecule has 0 unspecified atom stereocenters. The first-order chi connectivity index (χ1) is 12.0. The molecule has 2 aromatic rings. The summed E-state index contributed by atoms with van der Waals surface area (Å²) in [6, 6.07) is 16.7. The molecule has 0 radical (unpaired) electrons. The Hall–Kier alpha value is -3.26. The third-order valence-corrected chi connectivity index (χ3v) is 3.67. The zero-order chi connectivity index (χ0) is 18.2. The number of nitrogens with zero attached hydrogens (tertiary/aromatic N) is 1. The lowest BCUT2D eigenvalue weighted by Gasteiger charge is -2.13. The van der Waals surface area contributed by atoms with Gasteiger partial charge in [0.1, 0.15) is 17.4 Å². The molecule has 0 aliphatic carbocycles. The highest BCUT2D eigenvalue weighted by molar-refractivity contribution is 6.07. The Balaban J connectivity index is 2.11. The molecule has 25 heavy (non-hydrogen) atoms. The van der Waals surface area contributed by atoms with Crippen LogP contribution in [0.5, 0.6) is 5.75 Å². The van der Waals surface area contributed by atoms with Gasteiger partial charge in [0.2, 0.25) is 0 Å². The van der Waals surface area contributed by atoms with Crippen molar-refractivity contribution < 1.29 is 9.53 Å². The zero-order valence-corrected chi connectivity index (χ0v) is 14.5. The second kappa shape index (κ2) is 8.55. The molecule has 0 atom stereocenters. The molecule has 0 bridgehead atoms. The highest BCUT2D eigenvalue weighted by atomic mass is 16.5. The van der Waals surface area contributed by atoms with E-state index in [1.165, 1.54) is 6.20 Å². The van der Waals surface area contributed by atoms with Gasteiger partial charge < -0.3 is 15.4 Å². The number of hydrogen-bond donors (Lipinski definition) is 2. The van der Waals surface area contributed by atoms with E-state index >= 15 is 0 Å². The van der Waals surface area contributed by atoms with E-state index in [0.29, 0.717) is 5.69 Å². The first kappa shape index (κ1) is 18.1. The second-order valence-electron chi connectivity index (χ2n) is 5.74. The summed E-state index contributed by atoms with van der Waals surface area (Å²) in [6.07, 6.45) is 1.40. The average Bonchev–Trinajstić information content (AvgIpc) is 2.63. The van der Waals surface area contributed by atoms with Crippen molar-refractivity contribution in [3.63, 3.8) is 0 Å². The predicted octanol–water partition coefficient (Wildman–Crippen LogP) is 4.28. The summed E-state index contributed by atoms with van der Waals surface area (Å²) in [6.45, 7) is 4.11. The monoisotopic (exact) mass is 335 g/mol. The van der Waals surface area contributed by atoms with Crippen molar-refractivity contribution in [2.45, 2.75) is 19.8 Å². The van der Waals surface area contributed by atoms with Gasteiger partial charge in [-0.2, -0.15) is 5.26 Å². The number of methoxy groups -OCH3 is 1. The summed E-state index contributed by atoms with van der Waals surface area (Å²) in [5.74, 6) is 0.554. The van der Waals surface area contributed by atoms with Gasteiger partial charge in [-0.05, 0) is 41.8 Å². The predicted molar refractivity (Wildman–Crippen MR) is 99.5 cm³/mol. The van der Waals surface area contributed by atoms with Crippen LogP contribution in [-0.2, 0) is 4.79 Å². The van der Waals surface area contributed by atoms with Crippen molar-refractivity contribution in [2.75, 3.05) is 17.7 Å². The Labute approximate surface area is 147 Å². The molecule has 0 aromatic heterocycles. The van der Waals surface area contributed by atoms with Crippen molar-refractivity contribution >= 4 is 17.3 Å². The number of carbonyl (C=O) groups is 1. The number of carbonyl (C=O) groups excluding carboxylic acids is 1. The fraction of sp³-hybridized carbons (Fsp3) is 0.200. The van der Waals surface area contributed by atoms with E-state index in [1.54, 1.807) is 31.4 Å². The maximum absolute atomic E-state index is 12.4. The van der Waals surface area contributed by atoms with E-state index in [-0.39, 0.29) is 11.5 Å². The molecule has 0 aliphatic heterocycles. The average molecular weight is 335 g/mol. The maximum atomic E-state index is 12.4. The van der Waals surface area contributed by atoms with E-state index < -0.39 is 5.91 Å². The van der Waals surface area contributed by atoms with Gasteiger partial charge in [-0.25, -0.2) is 0 Å². The summed E-state index contributed by atoms with van der Waals surface area (Å²) < 4.78 is 5.09. The van der Waals surface area contributed by atoms with Gasteiger partial charge in [0.05, 0.1) is 7.11 Å². The molecule has 2 N–H and O–H groups in total. The molecule has 0 saturated carbocycles. The summed E-state index contributed by atoms with van der Waals surface area (Å²) >= 11 is 0. The first-order valence-electron chi connectivity index (χ1n) is 7.96. The van der Waals surface area contributed by atoms with Crippen molar-refractivity contribution in [3.05, 3.63) is 65.9 Å². The van der Waals surface area contributed by atoms with Crippen molar-refractivity contribution in [1.29, 1.82) is 5.26 Å². The lowest BCUT2D eigenvalue weighted by Crippen LogP contribution is -2.16. The largest absolute Gasteiger partial charge is 0.497 e. The van der Waals surface area contributed by atoms with E-state index in [4.69, 9.17) is 4.74 Å². The minimum atomic E-state index is -0.448. The van der Waals surface area contributed by atoms with Crippen LogP contribution in [-0.4, -0.2) is 13.0 Å².